The summed E-state index contributed by atoms with van der Waals surface area (Å²) in [6.45, 7) is 0.608. The van der Waals surface area contributed by atoms with Crippen molar-refractivity contribution >= 4 is 5.91 Å². The average Bonchev–Trinajstić information content (AvgIpc) is 2.77. The molecule has 4 N–H and O–H groups in total. The van der Waals surface area contributed by atoms with E-state index in [1.54, 1.807) is 0 Å². The zero-order chi connectivity index (χ0) is 12.3. The van der Waals surface area contributed by atoms with Crippen LogP contribution in [-0.2, 0) is 0 Å². The summed E-state index contributed by atoms with van der Waals surface area (Å²) in [5.74, 6) is 0.230. The van der Waals surface area contributed by atoms with Crippen molar-refractivity contribution in [2.45, 2.75) is 25.3 Å². The van der Waals surface area contributed by atoms with Crippen molar-refractivity contribution in [3.8, 4) is 0 Å². The largest absolute Gasteiger partial charge is 0.349 e. The first-order valence-corrected chi connectivity index (χ1v) is 5.90. The Kier molecular flexibility index (Phi) is 3.58. The van der Waals surface area contributed by atoms with Crippen LogP contribution in [0.5, 0.6) is 0 Å². The van der Waals surface area contributed by atoms with E-state index in [1.165, 1.54) is 18.3 Å². The van der Waals surface area contributed by atoms with Crippen LogP contribution in [0.15, 0.2) is 23.1 Å². The van der Waals surface area contributed by atoms with Crippen LogP contribution in [0.3, 0.4) is 0 Å². The number of aromatic nitrogens is 1. The third-order valence-electron chi connectivity index (χ3n) is 3.32. The molecule has 1 fully saturated rings. The first-order chi connectivity index (χ1) is 8.20. The highest BCUT2D eigenvalue weighted by atomic mass is 16.2. The minimum atomic E-state index is -0.206. The van der Waals surface area contributed by atoms with Crippen molar-refractivity contribution in [2.75, 3.05) is 6.54 Å². The van der Waals surface area contributed by atoms with Crippen LogP contribution < -0.4 is 16.6 Å². The second-order valence-corrected chi connectivity index (χ2v) is 4.45. The van der Waals surface area contributed by atoms with E-state index in [0.29, 0.717) is 18.0 Å². The number of hydrogen-bond acceptors (Lipinski definition) is 3. The van der Waals surface area contributed by atoms with Gasteiger partial charge < -0.3 is 16.0 Å². The Morgan fingerprint density at radius 1 is 1.47 bits per heavy atom. The predicted molar refractivity (Wildman–Crippen MR) is 64.7 cm³/mol. The zero-order valence-electron chi connectivity index (χ0n) is 9.61. The van der Waals surface area contributed by atoms with Crippen LogP contribution in [0.2, 0.25) is 0 Å². The van der Waals surface area contributed by atoms with Gasteiger partial charge in [0.1, 0.15) is 0 Å². The Bertz CT molecular complexity index is 435. The SMILES string of the molecule is NCC1CCCC1NC(=O)c1ccc(=O)[nH]c1. The predicted octanol–water partition coefficient (Wildman–Crippen LogP) is 0.232. The van der Waals surface area contributed by atoms with E-state index >= 15 is 0 Å². The maximum absolute atomic E-state index is 11.9. The van der Waals surface area contributed by atoms with Gasteiger partial charge in [0, 0.05) is 18.3 Å². The molecule has 0 saturated heterocycles. The number of H-pyrrole nitrogens is 1. The van der Waals surface area contributed by atoms with Crippen molar-refractivity contribution in [1.82, 2.24) is 10.3 Å². The summed E-state index contributed by atoms with van der Waals surface area (Å²) >= 11 is 0. The monoisotopic (exact) mass is 235 g/mol. The van der Waals surface area contributed by atoms with Gasteiger partial charge in [-0.3, -0.25) is 9.59 Å². The van der Waals surface area contributed by atoms with Crippen molar-refractivity contribution < 1.29 is 4.79 Å². The lowest BCUT2D eigenvalue weighted by Crippen LogP contribution is -2.40. The molecule has 1 aromatic heterocycles. The van der Waals surface area contributed by atoms with Gasteiger partial charge in [0.2, 0.25) is 5.56 Å². The fourth-order valence-corrected chi connectivity index (χ4v) is 2.31. The molecular weight excluding hydrogens is 218 g/mol. The maximum Gasteiger partial charge on any atom is 0.252 e. The number of carbonyl (C=O) groups is 1. The van der Waals surface area contributed by atoms with Crippen LogP contribution in [0.25, 0.3) is 0 Å². The Labute approximate surface area is 99.4 Å². The van der Waals surface area contributed by atoms with Crippen LogP contribution in [-0.4, -0.2) is 23.5 Å². The molecule has 5 nitrogen and oxygen atoms in total. The second-order valence-electron chi connectivity index (χ2n) is 4.45. The van der Waals surface area contributed by atoms with Gasteiger partial charge in [-0.25, -0.2) is 0 Å². The van der Waals surface area contributed by atoms with Crippen molar-refractivity contribution in [3.63, 3.8) is 0 Å². The fourth-order valence-electron chi connectivity index (χ4n) is 2.31. The van der Waals surface area contributed by atoms with E-state index in [9.17, 15) is 9.59 Å². The molecule has 1 aliphatic carbocycles. The van der Waals surface area contributed by atoms with Gasteiger partial charge in [-0.15, -0.1) is 0 Å². The zero-order valence-corrected chi connectivity index (χ0v) is 9.61. The van der Waals surface area contributed by atoms with Crippen LogP contribution in [0.1, 0.15) is 29.6 Å². The van der Waals surface area contributed by atoms with Gasteiger partial charge >= 0.3 is 0 Å². The molecule has 1 aromatic rings. The minimum absolute atomic E-state index is 0.147. The smallest absolute Gasteiger partial charge is 0.252 e. The van der Waals surface area contributed by atoms with E-state index in [0.717, 1.165) is 19.3 Å². The molecule has 92 valence electrons. The van der Waals surface area contributed by atoms with E-state index in [2.05, 4.69) is 10.3 Å². The summed E-state index contributed by atoms with van der Waals surface area (Å²) in [5.41, 5.74) is 5.93. The quantitative estimate of drug-likeness (QED) is 0.701. The van der Waals surface area contributed by atoms with Crippen LogP contribution in [0.4, 0.5) is 0 Å². The first-order valence-electron chi connectivity index (χ1n) is 5.90. The number of hydrogen-bond donors (Lipinski definition) is 3. The number of pyridine rings is 1. The Balaban J connectivity index is 2.01. The number of nitrogens with one attached hydrogen (secondary N) is 2. The summed E-state index contributed by atoms with van der Waals surface area (Å²) in [4.78, 5) is 25.3. The Morgan fingerprint density at radius 2 is 2.29 bits per heavy atom. The first kappa shape index (κ1) is 11.9. The van der Waals surface area contributed by atoms with Gasteiger partial charge in [0.15, 0.2) is 0 Å². The van der Waals surface area contributed by atoms with Gasteiger partial charge in [-0.05, 0) is 31.4 Å². The number of nitrogens with two attached hydrogens (primary N) is 1. The summed E-state index contributed by atoms with van der Waals surface area (Å²) in [5, 5.41) is 2.97. The molecule has 2 rings (SSSR count). The third-order valence-corrected chi connectivity index (χ3v) is 3.32. The molecule has 2 unspecified atom stereocenters. The summed E-state index contributed by atoms with van der Waals surface area (Å²) in [6, 6.07) is 3.05. The number of amides is 1. The standard InChI is InChI=1S/C12H17N3O2/c13-6-8-2-1-3-10(8)15-12(17)9-4-5-11(16)14-7-9/h4-5,7-8,10H,1-3,6,13H2,(H,14,16)(H,15,17). The van der Waals surface area contributed by atoms with E-state index in [4.69, 9.17) is 5.73 Å². The Hall–Kier alpha value is -1.62. The Morgan fingerprint density at radius 3 is 2.94 bits per heavy atom. The molecule has 1 heterocycles. The van der Waals surface area contributed by atoms with Crippen molar-refractivity contribution in [2.24, 2.45) is 11.7 Å². The normalized spacial score (nSPS) is 23.6. The highest BCUT2D eigenvalue weighted by Gasteiger charge is 2.27. The number of carbonyl (C=O) groups excluding carboxylic acids is 1. The van der Waals surface area contributed by atoms with Gasteiger partial charge in [-0.2, -0.15) is 0 Å². The molecule has 0 aliphatic heterocycles. The molecule has 17 heavy (non-hydrogen) atoms. The summed E-state index contributed by atoms with van der Waals surface area (Å²) < 4.78 is 0. The number of rotatable bonds is 3. The molecule has 0 radical (unpaired) electrons. The number of aromatic amines is 1. The molecule has 0 bridgehead atoms. The van der Waals surface area contributed by atoms with Crippen LogP contribution in [0, 0.1) is 5.92 Å². The molecule has 2 atom stereocenters. The molecule has 1 amide bonds. The lowest BCUT2D eigenvalue weighted by Gasteiger charge is -2.19. The summed E-state index contributed by atoms with van der Waals surface area (Å²) in [6.07, 6.45) is 4.60. The van der Waals surface area contributed by atoms with Gasteiger partial charge in [-0.1, -0.05) is 6.42 Å². The lowest BCUT2D eigenvalue weighted by molar-refractivity contribution is 0.0928. The highest BCUT2D eigenvalue weighted by molar-refractivity contribution is 5.94. The lowest BCUT2D eigenvalue weighted by atomic mass is 10.0. The van der Waals surface area contributed by atoms with Crippen LogP contribution >= 0.6 is 0 Å². The van der Waals surface area contributed by atoms with Crippen molar-refractivity contribution in [3.05, 3.63) is 34.2 Å². The van der Waals surface area contributed by atoms with Gasteiger partial charge in [0.25, 0.3) is 5.91 Å². The molecule has 1 aliphatic rings. The maximum atomic E-state index is 11.9. The fraction of sp³-hybridized carbons (Fsp3) is 0.500. The highest BCUT2D eigenvalue weighted by Crippen LogP contribution is 2.24. The van der Waals surface area contributed by atoms with E-state index in [1.807, 2.05) is 0 Å². The van der Waals surface area contributed by atoms with E-state index in [-0.39, 0.29) is 17.5 Å². The molecule has 1 saturated carbocycles. The third kappa shape index (κ3) is 2.74. The molecule has 0 aromatic carbocycles. The topological polar surface area (TPSA) is 88.0 Å². The van der Waals surface area contributed by atoms with Crippen molar-refractivity contribution in [1.29, 1.82) is 0 Å². The molecular formula is C12H17N3O2. The minimum Gasteiger partial charge on any atom is -0.349 e. The summed E-state index contributed by atoms with van der Waals surface area (Å²) in [7, 11) is 0. The second kappa shape index (κ2) is 5.14. The van der Waals surface area contributed by atoms with E-state index < -0.39 is 0 Å². The van der Waals surface area contributed by atoms with Gasteiger partial charge in [0.05, 0.1) is 5.56 Å². The molecule has 5 heteroatoms. The molecule has 0 spiro atoms. The average molecular weight is 235 g/mol.